The van der Waals surface area contributed by atoms with Crippen LogP contribution in [-0.4, -0.2) is 25.9 Å². The van der Waals surface area contributed by atoms with E-state index in [1.807, 2.05) is 0 Å². The van der Waals surface area contributed by atoms with Crippen molar-refractivity contribution in [2.45, 2.75) is 64.9 Å². The minimum atomic E-state index is 0.383. The zero-order valence-electron chi connectivity index (χ0n) is 13.7. The molecule has 0 amide bonds. The maximum atomic E-state index is 5.46. The minimum Gasteiger partial charge on any atom is -0.376 e. The van der Waals surface area contributed by atoms with Crippen LogP contribution in [0.5, 0.6) is 0 Å². The zero-order valence-corrected chi connectivity index (χ0v) is 13.7. The van der Waals surface area contributed by atoms with Crippen LogP contribution in [0.2, 0.25) is 0 Å². The van der Waals surface area contributed by atoms with Gasteiger partial charge in [0.15, 0.2) is 0 Å². The third kappa shape index (κ3) is 5.12. The standard InChI is InChI=1S/C11H14.C8H16O2/c1-2-3-4-5-9-8-10-6-7-11(9)10;1-2-3-4-8-7-9-5-6-10-8/h6-8H,2-5H2,1H3;8H,2-7H2,1H3. The molecule has 0 aromatic heterocycles. The molecule has 0 aromatic rings. The highest BCUT2D eigenvalue weighted by Gasteiger charge is 2.12. The van der Waals surface area contributed by atoms with E-state index in [-0.39, 0.29) is 0 Å². The lowest BCUT2D eigenvalue weighted by Crippen LogP contribution is -2.28. The van der Waals surface area contributed by atoms with Crippen LogP contribution >= 0.6 is 0 Å². The van der Waals surface area contributed by atoms with Crippen LogP contribution in [0.15, 0.2) is 18.2 Å². The van der Waals surface area contributed by atoms with Gasteiger partial charge >= 0.3 is 0 Å². The van der Waals surface area contributed by atoms with Gasteiger partial charge in [-0.1, -0.05) is 57.7 Å². The normalized spacial score (nSPS) is 18.9. The Bertz CT molecular complexity index is 489. The van der Waals surface area contributed by atoms with Crippen LogP contribution in [-0.2, 0) is 15.9 Å². The molecule has 0 aromatic carbocycles. The van der Waals surface area contributed by atoms with Crippen molar-refractivity contribution in [1.29, 1.82) is 0 Å². The summed E-state index contributed by atoms with van der Waals surface area (Å²) in [5.74, 6) is 0. The molecule has 0 bridgehead atoms. The molecular weight excluding hydrogens is 260 g/mol. The Kier molecular flexibility index (Phi) is 7.25. The molecule has 3 rings (SSSR count). The predicted octanol–water partition coefficient (Wildman–Crippen LogP) is 4.61. The fourth-order valence-corrected chi connectivity index (χ4v) is 2.78. The van der Waals surface area contributed by atoms with Gasteiger partial charge in [0.25, 0.3) is 0 Å². The molecule has 21 heavy (non-hydrogen) atoms. The van der Waals surface area contributed by atoms with Crippen molar-refractivity contribution in [2.75, 3.05) is 19.8 Å². The molecule has 1 heterocycles. The molecule has 2 heteroatoms. The highest BCUT2D eigenvalue weighted by molar-refractivity contribution is 5.33. The smallest absolute Gasteiger partial charge is 0.0809 e. The van der Waals surface area contributed by atoms with Crippen LogP contribution in [0.3, 0.4) is 0 Å². The molecule has 1 saturated heterocycles. The van der Waals surface area contributed by atoms with E-state index in [1.165, 1.54) is 43.7 Å². The van der Waals surface area contributed by atoms with Gasteiger partial charge < -0.3 is 9.47 Å². The molecule has 3 aliphatic rings. The Morgan fingerprint density at radius 3 is 2.43 bits per heavy atom. The lowest BCUT2D eigenvalue weighted by Gasteiger charge is -2.22. The van der Waals surface area contributed by atoms with Crippen molar-refractivity contribution in [1.82, 2.24) is 0 Å². The SMILES string of the molecule is CCCCC1COCCO1.CCCCCc1cc2ccc1=2. The second-order valence-electron chi connectivity index (χ2n) is 6.04. The van der Waals surface area contributed by atoms with E-state index in [2.05, 4.69) is 32.0 Å². The van der Waals surface area contributed by atoms with Gasteiger partial charge in [0.05, 0.1) is 25.9 Å². The van der Waals surface area contributed by atoms with E-state index >= 15 is 0 Å². The fourth-order valence-electron chi connectivity index (χ4n) is 2.78. The number of hydrogen-bond acceptors (Lipinski definition) is 2. The number of benzene rings is 1. The maximum absolute atomic E-state index is 5.46. The third-order valence-electron chi connectivity index (χ3n) is 4.23. The van der Waals surface area contributed by atoms with Gasteiger partial charge in [-0.05, 0) is 35.3 Å². The van der Waals surface area contributed by atoms with Crippen LogP contribution < -0.4 is 0 Å². The monoisotopic (exact) mass is 290 g/mol. The first-order valence-electron chi connectivity index (χ1n) is 8.67. The third-order valence-corrected chi connectivity index (χ3v) is 4.23. The fraction of sp³-hybridized carbons (Fsp3) is 0.684. The lowest BCUT2D eigenvalue weighted by atomic mass is 9.95. The summed E-state index contributed by atoms with van der Waals surface area (Å²) in [6, 6.07) is 6.75. The summed E-state index contributed by atoms with van der Waals surface area (Å²) in [6.45, 7) is 6.82. The second-order valence-corrected chi connectivity index (χ2v) is 6.04. The first-order valence-corrected chi connectivity index (χ1v) is 8.67. The Hall–Kier alpha value is -0.860. The van der Waals surface area contributed by atoms with E-state index < -0.39 is 0 Å². The summed E-state index contributed by atoms with van der Waals surface area (Å²) < 4.78 is 10.7. The number of rotatable bonds is 7. The number of aryl methyl sites for hydroxylation is 1. The van der Waals surface area contributed by atoms with Gasteiger partial charge in [-0.25, -0.2) is 0 Å². The predicted molar refractivity (Wildman–Crippen MR) is 87.4 cm³/mol. The molecule has 2 aliphatic carbocycles. The van der Waals surface area contributed by atoms with Gasteiger partial charge in [0.1, 0.15) is 0 Å². The summed E-state index contributed by atoms with van der Waals surface area (Å²) in [7, 11) is 0. The number of unbranched alkanes of at least 4 members (excludes halogenated alkanes) is 3. The van der Waals surface area contributed by atoms with Gasteiger partial charge in [-0.15, -0.1) is 0 Å². The van der Waals surface area contributed by atoms with E-state index in [0.29, 0.717) is 6.10 Å². The first kappa shape index (κ1) is 16.5. The number of ether oxygens (including phenoxy) is 2. The van der Waals surface area contributed by atoms with E-state index in [1.54, 1.807) is 10.8 Å². The van der Waals surface area contributed by atoms with Crippen molar-refractivity contribution in [3.05, 3.63) is 34.2 Å². The second kappa shape index (κ2) is 9.22. The van der Waals surface area contributed by atoms with Crippen molar-refractivity contribution >= 4 is 0 Å². The molecule has 0 radical (unpaired) electrons. The molecule has 0 N–H and O–H groups in total. The summed E-state index contributed by atoms with van der Waals surface area (Å²) in [6.07, 6.45) is 9.43. The number of hydrogen-bond donors (Lipinski definition) is 0. The van der Waals surface area contributed by atoms with Gasteiger partial charge in [-0.3, -0.25) is 0 Å². The summed E-state index contributed by atoms with van der Waals surface area (Å²) in [5.41, 5.74) is 1.59. The topological polar surface area (TPSA) is 18.5 Å². The van der Waals surface area contributed by atoms with Crippen molar-refractivity contribution in [3.8, 4) is 0 Å². The Morgan fingerprint density at radius 1 is 1.05 bits per heavy atom. The first-order chi connectivity index (χ1) is 10.3. The molecule has 1 atom stereocenters. The van der Waals surface area contributed by atoms with Gasteiger partial charge in [0, 0.05) is 0 Å². The molecule has 0 saturated carbocycles. The molecule has 0 spiro atoms. The average Bonchev–Trinajstić information content (AvgIpc) is 2.51. The molecule has 1 aliphatic heterocycles. The van der Waals surface area contributed by atoms with E-state index in [0.717, 1.165) is 26.2 Å². The Morgan fingerprint density at radius 2 is 1.90 bits per heavy atom. The molecule has 1 unspecified atom stereocenters. The lowest BCUT2D eigenvalue weighted by molar-refractivity contribution is -0.0911. The Balaban J connectivity index is 0.000000155. The van der Waals surface area contributed by atoms with Crippen molar-refractivity contribution in [3.63, 3.8) is 0 Å². The highest BCUT2D eigenvalue weighted by atomic mass is 16.6. The van der Waals surface area contributed by atoms with E-state index in [4.69, 9.17) is 9.47 Å². The van der Waals surface area contributed by atoms with Crippen LogP contribution in [0.1, 0.15) is 57.9 Å². The van der Waals surface area contributed by atoms with E-state index in [9.17, 15) is 0 Å². The van der Waals surface area contributed by atoms with Crippen LogP contribution in [0.25, 0.3) is 0 Å². The molecular formula is C19H30O2. The summed E-state index contributed by atoms with van der Waals surface area (Å²) >= 11 is 0. The van der Waals surface area contributed by atoms with Gasteiger partial charge in [-0.2, -0.15) is 0 Å². The van der Waals surface area contributed by atoms with Crippen molar-refractivity contribution in [2.24, 2.45) is 0 Å². The molecule has 2 nitrogen and oxygen atoms in total. The average molecular weight is 290 g/mol. The zero-order chi connectivity index (χ0) is 14.9. The highest BCUT2D eigenvalue weighted by Crippen LogP contribution is 2.18. The summed E-state index contributed by atoms with van der Waals surface area (Å²) in [4.78, 5) is 0. The largest absolute Gasteiger partial charge is 0.376 e. The van der Waals surface area contributed by atoms with Crippen LogP contribution in [0, 0.1) is 10.4 Å². The quantitative estimate of drug-likeness (QED) is 0.693. The molecule has 1 fully saturated rings. The Labute approximate surface area is 129 Å². The maximum Gasteiger partial charge on any atom is 0.0809 e. The van der Waals surface area contributed by atoms with Crippen molar-refractivity contribution < 1.29 is 9.47 Å². The van der Waals surface area contributed by atoms with Crippen LogP contribution in [0.4, 0.5) is 0 Å². The summed E-state index contributed by atoms with van der Waals surface area (Å²) in [5, 5.41) is 3.03. The minimum absolute atomic E-state index is 0.383. The molecule has 118 valence electrons. The van der Waals surface area contributed by atoms with Gasteiger partial charge in [0.2, 0.25) is 0 Å².